The third kappa shape index (κ3) is 2.89. The van der Waals surface area contributed by atoms with Crippen LogP contribution in [0.25, 0.3) is 10.4 Å². The molecule has 0 aromatic heterocycles. The van der Waals surface area contributed by atoms with Crippen LogP contribution >= 0.6 is 0 Å². The lowest BCUT2D eigenvalue weighted by atomic mass is 10.1. The summed E-state index contributed by atoms with van der Waals surface area (Å²) in [6, 6.07) is 3.59. The van der Waals surface area contributed by atoms with E-state index in [2.05, 4.69) is 10.0 Å². The maximum atomic E-state index is 12.4. The van der Waals surface area contributed by atoms with Crippen LogP contribution < -0.4 is 0 Å². The van der Waals surface area contributed by atoms with Crippen molar-refractivity contribution in [1.82, 2.24) is 0 Å². The zero-order valence-corrected chi connectivity index (χ0v) is 7.86. The molecule has 1 aromatic rings. The molecule has 15 heavy (non-hydrogen) atoms. The molecule has 0 fully saturated rings. The van der Waals surface area contributed by atoms with E-state index in [9.17, 15) is 13.2 Å². The minimum atomic E-state index is -4.55. The van der Waals surface area contributed by atoms with E-state index in [1.807, 2.05) is 0 Å². The first kappa shape index (κ1) is 11.4. The number of rotatable bonds is 2. The lowest BCUT2D eigenvalue weighted by Crippen LogP contribution is -2.18. The fourth-order valence-electron chi connectivity index (χ4n) is 1.12. The Morgan fingerprint density at radius 1 is 1.27 bits per heavy atom. The summed E-state index contributed by atoms with van der Waals surface area (Å²) in [5.41, 5.74) is 8.87. The van der Waals surface area contributed by atoms with Crippen molar-refractivity contribution < 1.29 is 13.2 Å². The van der Waals surface area contributed by atoms with Gasteiger partial charge in [-0.25, -0.2) is 0 Å². The van der Waals surface area contributed by atoms with Gasteiger partial charge in [0.1, 0.15) is 0 Å². The Hall–Kier alpha value is -1.68. The van der Waals surface area contributed by atoms with Crippen LogP contribution in [0, 0.1) is 6.92 Å². The molecule has 0 bridgehead atoms. The van der Waals surface area contributed by atoms with E-state index in [1.165, 1.54) is 12.1 Å². The summed E-state index contributed by atoms with van der Waals surface area (Å²) < 4.78 is 37.3. The molecule has 6 heteroatoms. The molecule has 0 aliphatic carbocycles. The Bertz CT molecular complexity index is 377. The average Bonchev–Trinajstić information content (AvgIpc) is 2.14. The van der Waals surface area contributed by atoms with Gasteiger partial charge in [0.15, 0.2) is 6.04 Å². The Morgan fingerprint density at radius 3 is 2.20 bits per heavy atom. The summed E-state index contributed by atoms with van der Waals surface area (Å²) >= 11 is 0. The number of benzene rings is 1. The van der Waals surface area contributed by atoms with Gasteiger partial charge in [-0.15, -0.1) is 0 Å². The van der Waals surface area contributed by atoms with Crippen LogP contribution in [0.5, 0.6) is 0 Å². The summed E-state index contributed by atoms with van der Waals surface area (Å²) in [6.45, 7) is 1.76. The molecule has 0 amide bonds. The fourth-order valence-corrected chi connectivity index (χ4v) is 1.12. The quantitative estimate of drug-likeness (QED) is 0.408. The number of azide groups is 1. The van der Waals surface area contributed by atoms with Crippen molar-refractivity contribution >= 4 is 0 Å². The van der Waals surface area contributed by atoms with Crippen LogP contribution in [0.4, 0.5) is 13.2 Å². The second-order valence-corrected chi connectivity index (χ2v) is 3.06. The van der Waals surface area contributed by atoms with Gasteiger partial charge in [-0.1, -0.05) is 34.9 Å². The lowest BCUT2D eigenvalue weighted by molar-refractivity contribution is -0.148. The molecule has 0 radical (unpaired) electrons. The standard InChI is InChI=1S/C9H8F3N3/c1-6-2-4-7(5-3-6)8(14-15-13)9(10,11)12/h2-5,8H,1H3. The van der Waals surface area contributed by atoms with E-state index in [-0.39, 0.29) is 5.56 Å². The van der Waals surface area contributed by atoms with Crippen LogP contribution in [0.15, 0.2) is 29.4 Å². The molecule has 0 N–H and O–H groups in total. The number of alkyl halides is 3. The van der Waals surface area contributed by atoms with Crippen molar-refractivity contribution in [2.45, 2.75) is 19.1 Å². The van der Waals surface area contributed by atoms with Crippen LogP contribution in [-0.2, 0) is 0 Å². The molecule has 0 aliphatic heterocycles. The first-order valence-electron chi connectivity index (χ1n) is 4.12. The molecule has 0 saturated heterocycles. The highest BCUT2D eigenvalue weighted by molar-refractivity contribution is 5.25. The van der Waals surface area contributed by atoms with Crippen molar-refractivity contribution in [3.05, 3.63) is 45.8 Å². The first-order chi connectivity index (χ1) is 6.95. The molecule has 1 aromatic carbocycles. The van der Waals surface area contributed by atoms with Gasteiger partial charge in [0.2, 0.25) is 0 Å². The van der Waals surface area contributed by atoms with Gasteiger partial charge in [-0.3, -0.25) is 0 Å². The highest BCUT2D eigenvalue weighted by Gasteiger charge is 2.40. The van der Waals surface area contributed by atoms with Gasteiger partial charge < -0.3 is 0 Å². The minimum Gasteiger partial charge on any atom is -0.170 e. The molecule has 0 spiro atoms. The van der Waals surface area contributed by atoms with E-state index in [0.29, 0.717) is 0 Å². The topological polar surface area (TPSA) is 48.8 Å². The van der Waals surface area contributed by atoms with Crippen molar-refractivity contribution in [2.24, 2.45) is 5.11 Å². The van der Waals surface area contributed by atoms with Gasteiger partial charge in [0.05, 0.1) is 0 Å². The van der Waals surface area contributed by atoms with Crippen molar-refractivity contribution in [3.63, 3.8) is 0 Å². The second kappa shape index (κ2) is 4.23. The van der Waals surface area contributed by atoms with Gasteiger partial charge in [-0.05, 0) is 18.0 Å². The number of hydrogen-bond donors (Lipinski definition) is 0. The minimum absolute atomic E-state index is 0.0501. The molecule has 1 atom stereocenters. The second-order valence-electron chi connectivity index (χ2n) is 3.06. The van der Waals surface area contributed by atoms with Gasteiger partial charge >= 0.3 is 6.18 Å². The number of nitrogens with zero attached hydrogens (tertiary/aromatic N) is 3. The maximum Gasteiger partial charge on any atom is 0.401 e. The third-order valence-corrected chi connectivity index (χ3v) is 1.87. The zero-order chi connectivity index (χ0) is 11.5. The molecule has 0 heterocycles. The van der Waals surface area contributed by atoms with E-state index in [0.717, 1.165) is 5.56 Å². The van der Waals surface area contributed by atoms with E-state index in [1.54, 1.807) is 19.1 Å². The Kier molecular flexibility index (Phi) is 3.21. The van der Waals surface area contributed by atoms with Gasteiger partial charge in [0.25, 0.3) is 0 Å². The molecule has 1 rings (SSSR count). The normalized spacial score (nSPS) is 13.1. The number of aryl methyl sites for hydroxylation is 1. The van der Waals surface area contributed by atoms with Crippen LogP contribution in [0.1, 0.15) is 17.2 Å². The van der Waals surface area contributed by atoms with Crippen LogP contribution in [-0.4, -0.2) is 6.18 Å². The molecule has 1 unspecified atom stereocenters. The lowest BCUT2D eigenvalue weighted by Gasteiger charge is -2.15. The predicted molar refractivity (Wildman–Crippen MR) is 49.1 cm³/mol. The largest absolute Gasteiger partial charge is 0.401 e. The average molecular weight is 215 g/mol. The van der Waals surface area contributed by atoms with Gasteiger partial charge in [0, 0.05) is 4.91 Å². The smallest absolute Gasteiger partial charge is 0.170 e. The Morgan fingerprint density at radius 2 is 1.80 bits per heavy atom. The SMILES string of the molecule is Cc1ccc(C(N=[N+]=[N-])C(F)(F)F)cc1. The Balaban J connectivity index is 3.10. The molecular weight excluding hydrogens is 207 g/mol. The van der Waals surface area contributed by atoms with Crippen molar-refractivity contribution in [2.75, 3.05) is 0 Å². The van der Waals surface area contributed by atoms with E-state index in [4.69, 9.17) is 5.53 Å². The highest BCUT2D eigenvalue weighted by Crippen LogP contribution is 2.35. The number of hydrogen-bond acceptors (Lipinski definition) is 1. The fraction of sp³-hybridized carbons (Fsp3) is 0.333. The number of halogens is 3. The van der Waals surface area contributed by atoms with Crippen LogP contribution in [0.2, 0.25) is 0 Å². The highest BCUT2D eigenvalue weighted by atomic mass is 19.4. The van der Waals surface area contributed by atoms with E-state index < -0.39 is 12.2 Å². The van der Waals surface area contributed by atoms with E-state index >= 15 is 0 Å². The maximum absolute atomic E-state index is 12.4. The molecule has 0 saturated carbocycles. The monoisotopic (exact) mass is 215 g/mol. The predicted octanol–water partition coefficient (Wildman–Crippen LogP) is 3.91. The molecule has 80 valence electrons. The van der Waals surface area contributed by atoms with Crippen LogP contribution in [0.3, 0.4) is 0 Å². The summed E-state index contributed by atoms with van der Waals surface area (Å²) in [6.07, 6.45) is -4.55. The first-order valence-corrected chi connectivity index (χ1v) is 4.12. The molecule has 0 aliphatic rings. The molecule has 3 nitrogen and oxygen atoms in total. The summed E-state index contributed by atoms with van der Waals surface area (Å²) in [4.78, 5) is 2.21. The van der Waals surface area contributed by atoms with Crippen molar-refractivity contribution in [1.29, 1.82) is 0 Å². The Labute approximate surface area is 84.2 Å². The summed E-state index contributed by atoms with van der Waals surface area (Å²) in [5.74, 6) is 0. The third-order valence-electron chi connectivity index (χ3n) is 1.87. The van der Waals surface area contributed by atoms with Gasteiger partial charge in [-0.2, -0.15) is 13.2 Å². The summed E-state index contributed by atoms with van der Waals surface area (Å²) in [5, 5.41) is 2.75. The zero-order valence-electron chi connectivity index (χ0n) is 7.86. The summed E-state index contributed by atoms with van der Waals surface area (Å²) in [7, 11) is 0. The van der Waals surface area contributed by atoms with Crippen molar-refractivity contribution in [3.8, 4) is 0 Å². The molecular formula is C9H8F3N3.